The standard InChI is InChI=1S/C17H30N2O/c1-3-11-18-13-17-15(10-12-20-17)14-19(2)16-8-6-4-5-7-9-16/h10,12,16,18H,3-9,11,13-14H2,1-2H3. The maximum Gasteiger partial charge on any atom is 0.122 e. The second-order valence-electron chi connectivity index (χ2n) is 6.11. The molecule has 2 rings (SSSR count). The highest BCUT2D eigenvalue weighted by molar-refractivity contribution is 5.17. The van der Waals surface area contributed by atoms with Gasteiger partial charge in [-0.2, -0.15) is 0 Å². The van der Waals surface area contributed by atoms with E-state index in [9.17, 15) is 0 Å². The van der Waals surface area contributed by atoms with Crippen molar-refractivity contribution < 1.29 is 4.42 Å². The fourth-order valence-electron chi connectivity index (χ4n) is 3.14. The minimum absolute atomic E-state index is 0.754. The van der Waals surface area contributed by atoms with Gasteiger partial charge in [-0.3, -0.25) is 4.90 Å². The van der Waals surface area contributed by atoms with E-state index in [1.54, 1.807) is 0 Å². The molecule has 3 heteroatoms. The molecule has 20 heavy (non-hydrogen) atoms. The summed E-state index contributed by atoms with van der Waals surface area (Å²) in [7, 11) is 2.27. The van der Waals surface area contributed by atoms with E-state index in [1.807, 2.05) is 6.26 Å². The van der Waals surface area contributed by atoms with Crippen LogP contribution in [0.3, 0.4) is 0 Å². The first-order chi connectivity index (χ1) is 9.81. The zero-order valence-electron chi connectivity index (χ0n) is 13.2. The van der Waals surface area contributed by atoms with E-state index in [0.29, 0.717) is 0 Å². The predicted octanol–water partition coefficient (Wildman–Crippen LogP) is 3.93. The van der Waals surface area contributed by atoms with E-state index in [4.69, 9.17) is 4.42 Å². The van der Waals surface area contributed by atoms with Gasteiger partial charge in [0.15, 0.2) is 0 Å². The first kappa shape index (κ1) is 15.6. The molecule has 1 heterocycles. The van der Waals surface area contributed by atoms with Gasteiger partial charge in [-0.15, -0.1) is 0 Å². The Labute approximate surface area is 123 Å². The molecule has 0 saturated heterocycles. The number of nitrogens with zero attached hydrogens (tertiary/aromatic N) is 1. The highest BCUT2D eigenvalue weighted by atomic mass is 16.3. The molecule has 3 nitrogen and oxygen atoms in total. The molecule has 1 aliphatic carbocycles. The monoisotopic (exact) mass is 278 g/mol. The van der Waals surface area contributed by atoms with Crippen molar-refractivity contribution in [3.05, 3.63) is 23.7 Å². The fourth-order valence-corrected chi connectivity index (χ4v) is 3.14. The van der Waals surface area contributed by atoms with Crippen LogP contribution in [0.15, 0.2) is 16.7 Å². The molecule has 0 amide bonds. The summed E-state index contributed by atoms with van der Waals surface area (Å²) < 4.78 is 5.63. The van der Waals surface area contributed by atoms with Crippen molar-refractivity contribution in [3.8, 4) is 0 Å². The Morgan fingerprint density at radius 1 is 1.25 bits per heavy atom. The van der Waals surface area contributed by atoms with Gasteiger partial charge in [0, 0.05) is 18.2 Å². The molecule has 0 aromatic carbocycles. The number of hydrogen-bond acceptors (Lipinski definition) is 3. The average Bonchev–Trinajstić information content (AvgIpc) is 2.72. The van der Waals surface area contributed by atoms with Crippen LogP contribution >= 0.6 is 0 Å². The lowest BCUT2D eigenvalue weighted by Gasteiger charge is -2.27. The third-order valence-electron chi connectivity index (χ3n) is 4.42. The van der Waals surface area contributed by atoms with Crippen molar-refractivity contribution in [3.63, 3.8) is 0 Å². The summed E-state index contributed by atoms with van der Waals surface area (Å²) in [5.74, 6) is 1.11. The second-order valence-corrected chi connectivity index (χ2v) is 6.11. The van der Waals surface area contributed by atoms with Crippen LogP contribution in [0, 0.1) is 0 Å². The van der Waals surface area contributed by atoms with Crippen molar-refractivity contribution in [1.82, 2.24) is 10.2 Å². The Balaban J connectivity index is 1.86. The van der Waals surface area contributed by atoms with E-state index in [2.05, 4.69) is 30.3 Å². The van der Waals surface area contributed by atoms with E-state index in [0.717, 1.165) is 37.9 Å². The third-order valence-corrected chi connectivity index (χ3v) is 4.42. The minimum atomic E-state index is 0.754. The fraction of sp³-hybridized carbons (Fsp3) is 0.765. The van der Waals surface area contributed by atoms with Gasteiger partial charge in [-0.25, -0.2) is 0 Å². The summed E-state index contributed by atoms with van der Waals surface area (Å²) in [5.41, 5.74) is 1.35. The summed E-state index contributed by atoms with van der Waals surface area (Å²) in [6, 6.07) is 2.89. The lowest BCUT2D eigenvalue weighted by molar-refractivity contribution is 0.211. The molecule has 1 aromatic rings. The zero-order chi connectivity index (χ0) is 14.2. The largest absolute Gasteiger partial charge is 0.468 e. The van der Waals surface area contributed by atoms with Crippen LogP contribution in [0.25, 0.3) is 0 Å². The minimum Gasteiger partial charge on any atom is -0.468 e. The number of nitrogens with one attached hydrogen (secondary N) is 1. The summed E-state index contributed by atoms with van der Waals surface area (Å²) in [6.07, 6.45) is 11.3. The Hall–Kier alpha value is -0.800. The van der Waals surface area contributed by atoms with Crippen molar-refractivity contribution >= 4 is 0 Å². The maximum absolute atomic E-state index is 5.63. The van der Waals surface area contributed by atoms with Crippen LogP contribution in [0.4, 0.5) is 0 Å². The van der Waals surface area contributed by atoms with Crippen molar-refractivity contribution in [2.45, 2.75) is 71.0 Å². The van der Waals surface area contributed by atoms with E-state index in [1.165, 1.54) is 44.1 Å². The quantitative estimate of drug-likeness (QED) is 0.605. The van der Waals surface area contributed by atoms with Gasteiger partial charge in [-0.05, 0) is 38.9 Å². The van der Waals surface area contributed by atoms with Crippen LogP contribution in [0.5, 0.6) is 0 Å². The Morgan fingerprint density at radius 3 is 2.70 bits per heavy atom. The van der Waals surface area contributed by atoms with Gasteiger partial charge in [0.25, 0.3) is 0 Å². The average molecular weight is 278 g/mol. The normalized spacial score (nSPS) is 17.6. The van der Waals surface area contributed by atoms with Gasteiger partial charge in [0.1, 0.15) is 5.76 Å². The van der Waals surface area contributed by atoms with Gasteiger partial charge in [0.05, 0.1) is 12.8 Å². The molecule has 0 bridgehead atoms. The highest BCUT2D eigenvalue weighted by Gasteiger charge is 2.18. The summed E-state index contributed by atoms with van der Waals surface area (Å²) >= 11 is 0. The van der Waals surface area contributed by atoms with E-state index >= 15 is 0 Å². The second kappa shape index (κ2) is 8.48. The lowest BCUT2D eigenvalue weighted by atomic mass is 10.1. The third kappa shape index (κ3) is 4.64. The number of furan rings is 1. The molecule has 114 valence electrons. The molecule has 0 radical (unpaired) electrons. The summed E-state index contributed by atoms with van der Waals surface area (Å²) in [6.45, 7) is 5.12. The van der Waals surface area contributed by atoms with Gasteiger partial charge >= 0.3 is 0 Å². The molecular weight excluding hydrogens is 248 g/mol. The van der Waals surface area contributed by atoms with E-state index < -0.39 is 0 Å². The summed E-state index contributed by atoms with van der Waals surface area (Å²) in [5, 5.41) is 3.43. The van der Waals surface area contributed by atoms with Gasteiger partial charge < -0.3 is 9.73 Å². The first-order valence-corrected chi connectivity index (χ1v) is 8.27. The SMILES string of the molecule is CCCNCc1occc1CN(C)C1CCCCCC1. The molecule has 1 aliphatic rings. The van der Waals surface area contributed by atoms with Crippen molar-refractivity contribution in [1.29, 1.82) is 0 Å². The van der Waals surface area contributed by atoms with Gasteiger partial charge in [0.2, 0.25) is 0 Å². The summed E-state index contributed by atoms with van der Waals surface area (Å²) in [4.78, 5) is 2.53. The van der Waals surface area contributed by atoms with Crippen LogP contribution in [-0.2, 0) is 13.1 Å². The Kier molecular flexibility index (Phi) is 6.61. The number of rotatable bonds is 7. The molecular formula is C17H30N2O. The molecule has 0 aliphatic heterocycles. The molecule has 1 fully saturated rings. The zero-order valence-corrected chi connectivity index (χ0v) is 13.2. The van der Waals surface area contributed by atoms with Crippen LogP contribution < -0.4 is 5.32 Å². The van der Waals surface area contributed by atoms with Crippen LogP contribution in [0.2, 0.25) is 0 Å². The lowest BCUT2D eigenvalue weighted by Crippen LogP contribution is -2.31. The smallest absolute Gasteiger partial charge is 0.122 e. The van der Waals surface area contributed by atoms with E-state index in [-0.39, 0.29) is 0 Å². The van der Waals surface area contributed by atoms with Crippen LogP contribution in [-0.4, -0.2) is 24.5 Å². The maximum atomic E-state index is 5.63. The molecule has 1 N–H and O–H groups in total. The highest BCUT2D eigenvalue weighted by Crippen LogP contribution is 2.23. The molecule has 0 spiro atoms. The molecule has 0 unspecified atom stereocenters. The topological polar surface area (TPSA) is 28.4 Å². The van der Waals surface area contributed by atoms with Crippen molar-refractivity contribution in [2.75, 3.05) is 13.6 Å². The molecule has 0 atom stereocenters. The molecule has 1 aromatic heterocycles. The number of hydrogen-bond donors (Lipinski definition) is 1. The van der Waals surface area contributed by atoms with Gasteiger partial charge in [-0.1, -0.05) is 32.6 Å². The molecule has 1 saturated carbocycles. The predicted molar refractivity (Wildman–Crippen MR) is 83.7 cm³/mol. The van der Waals surface area contributed by atoms with Crippen LogP contribution in [0.1, 0.15) is 63.2 Å². The van der Waals surface area contributed by atoms with Crippen molar-refractivity contribution in [2.24, 2.45) is 0 Å². The Morgan fingerprint density at radius 2 is 2.00 bits per heavy atom. The first-order valence-electron chi connectivity index (χ1n) is 8.27. The Bertz CT molecular complexity index is 367.